The number of Topliss-reactive ketones (excluding diaryl/α,β-unsaturated/α-hetero) is 1. The van der Waals surface area contributed by atoms with Gasteiger partial charge in [-0.15, -0.1) is 0 Å². The number of hydrogen-bond acceptors (Lipinski definition) is 6. The summed E-state index contributed by atoms with van der Waals surface area (Å²) in [5.74, 6) is -1.58. The first kappa shape index (κ1) is 20.5. The van der Waals surface area contributed by atoms with E-state index in [4.69, 9.17) is 25.8 Å². The fraction of sp³-hybridized carbons (Fsp3) is 0.250. The van der Waals surface area contributed by atoms with Gasteiger partial charge in [0.25, 0.3) is 11.7 Å². The molecule has 0 unspecified atom stereocenters. The first-order valence-electron chi connectivity index (χ1n) is 8.58. The molecule has 0 saturated carbocycles. The van der Waals surface area contributed by atoms with Crippen LogP contribution in [-0.2, 0) is 9.59 Å². The number of carbonyl (C=O) groups is 3. The summed E-state index contributed by atoms with van der Waals surface area (Å²) >= 11 is 6.07. The van der Waals surface area contributed by atoms with Crippen LogP contribution in [0, 0.1) is 6.92 Å². The van der Waals surface area contributed by atoms with E-state index in [1.54, 1.807) is 25.1 Å². The Morgan fingerprint density at radius 3 is 2.41 bits per heavy atom. The molecule has 0 radical (unpaired) electrons. The number of amides is 2. The summed E-state index contributed by atoms with van der Waals surface area (Å²) in [6, 6.07) is 6.57. The van der Waals surface area contributed by atoms with E-state index in [2.05, 4.69) is 5.32 Å². The van der Waals surface area contributed by atoms with E-state index in [-0.39, 0.29) is 35.0 Å². The smallest absolute Gasteiger partial charge is 0.300 e. The van der Waals surface area contributed by atoms with Crippen molar-refractivity contribution in [2.24, 2.45) is 0 Å². The molecule has 152 valence electrons. The summed E-state index contributed by atoms with van der Waals surface area (Å²) in [7, 11) is 4.17. The van der Waals surface area contributed by atoms with Crippen LogP contribution < -0.4 is 24.4 Å². The molecule has 1 aliphatic heterocycles. The van der Waals surface area contributed by atoms with Crippen LogP contribution in [0.3, 0.4) is 0 Å². The molecule has 1 heterocycles. The van der Waals surface area contributed by atoms with E-state index in [1.165, 1.54) is 27.4 Å². The van der Waals surface area contributed by atoms with Crippen LogP contribution in [-0.4, -0.2) is 45.5 Å². The zero-order valence-corrected chi connectivity index (χ0v) is 17.0. The number of benzene rings is 2. The zero-order chi connectivity index (χ0) is 21.3. The van der Waals surface area contributed by atoms with Gasteiger partial charge in [-0.1, -0.05) is 17.7 Å². The lowest BCUT2D eigenvalue weighted by atomic mass is 10.1. The highest BCUT2D eigenvalue weighted by atomic mass is 35.5. The molecule has 0 aliphatic carbocycles. The molecule has 3 rings (SSSR count). The Morgan fingerprint density at radius 1 is 1.10 bits per heavy atom. The predicted molar refractivity (Wildman–Crippen MR) is 108 cm³/mol. The van der Waals surface area contributed by atoms with Gasteiger partial charge >= 0.3 is 0 Å². The molecule has 0 spiro atoms. The van der Waals surface area contributed by atoms with Crippen molar-refractivity contribution in [1.82, 2.24) is 0 Å². The monoisotopic (exact) mass is 418 g/mol. The normalized spacial score (nSPS) is 12.7. The SMILES string of the molecule is COc1cc2c(c(OC)c1OC)C(=O)C(=O)N2CC(=O)Nc1cccc(Cl)c1C. The van der Waals surface area contributed by atoms with Crippen LogP contribution in [0.1, 0.15) is 15.9 Å². The van der Waals surface area contributed by atoms with Gasteiger partial charge in [0, 0.05) is 16.8 Å². The number of hydrogen-bond donors (Lipinski definition) is 1. The summed E-state index contributed by atoms with van der Waals surface area (Å²) < 4.78 is 15.8. The summed E-state index contributed by atoms with van der Waals surface area (Å²) in [5.41, 5.74) is 1.46. The molecule has 1 aliphatic rings. The van der Waals surface area contributed by atoms with Crippen LogP contribution in [0.5, 0.6) is 17.2 Å². The lowest BCUT2D eigenvalue weighted by molar-refractivity contribution is -0.118. The number of methoxy groups -OCH3 is 3. The maximum absolute atomic E-state index is 12.6. The second-order valence-electron chi connectivity index (χ2n) is 6.22. The second kappa shape index (κ2) is 8.00. The number of ketones is 1. The maximum Gasteiger partial charge on any atom is 0.300 e. The van der Waals surface area contributed by atoms with Crippen molar-refractivity contribution < 1.29 is 28.6 Å². The van der Waals surface area contributed by atoms with Crippen molar-refractivity contribution in [3.05, 3.63) is 40.4 Å². The largest absolute Gasteiger partial charge is 0.493 e. The van der Waals surface area contributed by atoms with Crippen molar-refractivity contribution in [3.63, 3.8) is 0 Å². The van der Waals surface area contributed by atoms with Gasteiger partial charge in [0.2, 0.25) is 11.7 Å². The second-order valence-corrected chi connectivity index (χ2v) is 6.63. The molecule has 1 N–H and O–H groups in total. The lowest BCUT2D eigenvalue weighted by Gasteiger charge is -2.19. The Labute approximate surface area is 172 Å². The standard InChI is InChI=1S/C20H19ClN2O6/c1-10-11(21)6-5-7-12(10)22-15(24)9-23-13-8-14(27-2)18(28-3)19(29-4)16(13)17(25)20(23)26/h5-8H,9H2,1-4H3,(H,22,24). The molecular formula is C20H19ClN2O6. The lowest BCUT2D eigenvalue weighted by Crippen LogP contribution is -2.37. The van der Waals surface area contributed by atoms with Crippen molar-refractivity contribution in [2.75, 3.05) is 38.1 Å². The van der Waals surface area contributed by atoms with Crippen LogP contribution in [0.25, 0.3) is 0 Å². The summed E-state index contributed by atoms with van der Waals surface area (Å²) in [4.78, 5) is 38.8. The third kappa shape index (κ3) is 3.47. The van der Waals surface area contributed by atoms with Crippen molar-refractivity contribution in [1.29, 1.82) is 0 Å². The number of anilines is 2. The van der Waals surface area contributed by atoms with Crippen molar-refractivity contribution in [2.45, 2.75) is 6.92 Å². The van der Waals surface area contributed by atoms with Crippen molar-refractivity contribution >= 4 is 40.6 Å². The van der Waals surface area contributed by atoms with Crippen LogP contribution in [0.15, 0.2) is 24.3 Å². The third-order valence-corrected chi connectivity index (χ3v) is 5.02. The van der Waals surface area contributed by atoms with Crippen LogP contribution >= 0.6 is 11.6 Å². The minimum absolute atomic E-state index is 0.0295. The van der Waals surface area contributed by atoms with Gasteiger partial charge in [0.1, 0.15) is 6.54 Å². The molecule has 2 amide bonds. The molecule has 0 fully saturated rings. The van der Waals surface area contributed by atoms with Crippen LogP contribution in [0.2, 0.25) is 5.02 Å². The summed E-state index contributed by atoms with van der Waals surface area (Å²) in [6.45, 7) is 1.39. The first-order chi connectivity index (χ1) is 13.8. The predicted octanol–water partition coefficient (Wildman–Crippen LogP) is 2.84. The number of rotatable bonds is 6. The number of fused-ring (bicyclic) bond motifs is 1. The molecule has 0 saturated heterocycles. The maximum atomic E-state index is 12.6. The highest BCUT2D eigenvalue weighted by molar-refractivity contribution is 6.53. The van der Waals surface area contributed by atoms with E-state index in [1.807, 2.05) is 0 Å². The number of halogens is 1. The quantitative estimate of drug-likeness (QED) is 0.725. The molecule has 8 nitrogen and oxygen atoms in total. The van der Waals surface area contributed by atoms with Crippen LogP contribution in [0.4, 0.5) is 11.4 Å². The zero-order valence-electron chi connectivity index (χ0n) is 16.3. The average molecular weight is 419 g/mol. The summed E-state index contributed by atoms with van der Waals surface area (Å²) in [5, 5.41) is 3.21. The van der Waals surface area contributed by atoms with Gasteiger partial charge < -0.3 is 19.5 Å². The number of carbonyl (C=O) groups excluding carboxylic acids is 3. The minimum atomic E-state index is -0.841. The van der Waals surface area contributed by atoms with Gasteiger partial charge in [0.15, 0.2) is 11.5 Å². The Balaban J connectivity index is 1.96. The van der Waals surface area contributed by atoms with E-state index in [0.717, 1.165) is 4.90 Å². The molecule has 0 bridgehead atoms. The Bertz CT molecular complexity index is 1020. The van der Waals surface area contributed by atoms with E-state index >= 15 is 0 Å². The highest BCUT2D eigenvalue weighted by Crippen LogP contribution is 2.47. The number of ether oxygens (including phenoxy) is 3. The Kier molecular flexibility index (Phi) is 5.65. The Hall–Kier alpha value is -3.26. The van der Waals surface area contributed by atoms with Crippen molar-refractivity contribution in [3.8, 4) is 17.2 Å². The van der Waals surface area contributed by atoms with E-state index < -0.39 is 17.6 Å². The average Bonchev–Trinajstić information content (AvgIpc) is 2.94. The molecule has 0 aromatic heterocycles. The molecule has 29 heavy (non-hydrogen) atoms. The fourth-order valence-electron chi connectivity index (χ4n) is 3.15. The Morgan fingerprint density at radius 2 is 1.79 bits per heavy atom. The highest BCUT2D eigenvalue weighted by Gasteiger charge is 2.42. The van der Waals surface area contributed by atoms with Gasteiger partial charge in [-0.2, -0.15) is 0 Å². The molecule has 0 atom stereocenters. The number of nitrogens with one attached hydrogen (secondary N) is 1. The van der Waals surface area contributed by atoms with Gasteiger partial charge in [0.05, 0.1) is 32.6 Å². The third-order valence-electron chi connectivity index (χ3n) is 4.61. The summed E-state index contributed by atoms with van der Waals surface area (Å²) in [6.07, 6.45) is 0. The van der Waals surface area contributed by atoms with E-state index in [9.17, 15) is 14.4 Å². The topological polar surface area (TPSA) is 94.2 Å². The fourth-order valence-corrected chi connectivity index (χ4v) is 3.32. The molecule has 2 aromatic rings. The molecular weight excluding hydrogens is 400 g/mol. The first-order valence-corrected chi connectivity index (χ1v) is 8.95. The number of nitrogens with zero attached hydrogens (tertiary/aromatic N) is 1. The molecule has 2 aromatic carbocycles. The minimum Gasteiger partial charge on any atom is -0.493 e. The van der Waals surface area contributed by atoms with Gasteiger partial charge in [-0.25, -0.2) is 0 Å². The molecule has 9 heteroatoms. The van der Waals surface area contributed by atoms with E-state index in [0.29, 0.717) is 16.3 Å². The van der Waals surface area contributed by atoms with Gasteiger partial charge in [-0.05, 0) is 24.6 Å². The van der Waals surface area contributed by atoms with Gasteiger partial charge in [-0.3, -0.25) is 19.3 Å².